The maximum absolute atomic E-state index is 4.56. The van der Waals surface area contributed by atoms with E-state index < -0.39 is 0 Å². The predicted molar refractivity (Wildman–Crippen MR) is 79.5 cm³/mol. The molecule has 0 bridgehead atoms. The Hall–Kier alpha value is -1.75. The quantitative estimate of drug-likeness (QED) is 0.876. The molecule has 1 N–H and O–H groups in total. The van der Waals surface area contributed by atoms with Gasteiger partial charge in [0.2, 0.25) is 0 Å². The fourth-order valence-electron chi connectivity index (χ4n) is 2.33. The molecule has 2 aromatic heterocycles. The molecule has 20 heavy (non-hydrogen) atoms. The van der Waals surface area contributed by atoms with Crippen molar-refractivity contribution < 1.29 is 0 Å². The average Bonchev–Trinajstić information content (AvgIpc) is 2.72. The minimum atomic E-state index is 0.200. The Bertz CT molecular complexity index is 561. The van der Waals surface area contributed by atoms with Crippen LogP contribution in [0.3, 0.4) is 0 Å². The monoisotopic (exact) mass is 273 g/mol. The van der Waals surface area contributed by atoms with E-state index >= 15 is 0 Å². The topological polar surface area (TPSA) is 55.6 Å². The third-order valence-electron chi connectivity index (χ3n) is 3.31. The van der Waals surface area contributed by atoms with E-state index in [2.05, 4.69) is 33.4 Å². The molecule has 0 spiro atoms. The van der Waals surface area contributed by atoms with Gasteiger partial charge in [-0.2, -0.15) is 5.10 Å². The Balaban J connectivity index is 2.21. The highest BCUT2D eigenvalue weighted by Gasteiger charge is 2.15. The normalized spacial score (nSPS) is 12.6. The van der Waals surface area contributed by atoms with Gasteiger partial charge in [-0.05, 0) is 38.9 Å². The van der Waals surface area contributed by atoms with Gasteiger partial charge in [0, 0.05) is 25.4 Å². The Morgan fingerprint density at radius 2 is 2.15 bits per heavy atom. The van der Waals surface area contributed by atoms with Crippen LogP contribution < -0.4 is 5.32 Å². The Labute approximate surface area is 120 Å². The molecule has 1 unspecified atom stereocenters. The van der Waals surface area contributed by atoms with Gasteiger partial charge in [0.15, 0.2) is 0 Å². The molecular formula is C15H23N5. The van der Waals surface area contributed by atoms with Crippen molar-refractivity contribution in [3.05, 3.63) is 41.2 Å². The van der Waals surface area contributed by atoms with Gasteiger partial charge in [-0.3, -0.25) is 4.68 Å². The van der Waals surface area contributed by atoms with Crippen LogP contribution in [0.1, 0.15) is 42.3 Å². The molecule has 0 saturated carbocycles. The van der Waals surface area contributed by atoms with E-state index in [1.807, 2.05) is 37.8 Å². The highest BCUT2D eigenvalue weighted by atomic mass is 15.3. The van der Waals surface area contributed by atoms with Crippen LogP contribution in [-0.4, -0.2) is 26.3 Å². The lowest BCUT2D eigenvalue weighted by Gasteiger charge is -2.18. The smallest absolute Gasteiger partial charge is 0.125 e. The minimum absolute atomic E-state index is 0.200. The summed E-state index contributed by atoms with van der Waals surface area (Å²) in [6.07, 6.45) is 3.81. The lowest BCUT2D eigenvalue weighted by molar-refractivity contribution is 0.500. The first-order valence-corrected chi connectivity index (χ1v) is 7.12. The molecule has 2 heterocycles. The summed E-state index contributed by atoms with van der Waals surface area (Å²) in [5.41, 5.74) is 3.31. The molecule has 0 aliphatic carbocycles. The summed E-state index contributed by atoms with van der Waals surface area (Å²) in [5, 5.41) is 7.98. The van der Waals surface area contributed by atoms with Crippen LogP contribution in [0.25, 0.3) is 0 Å². The summed E-state index contributed by atoms with van der Waals surface area (Å²) in [7, 11) is 1.99. The number of aryl methyl sites for hydroxylation is 3. The second-order valence-electron chi connectivity index (χ2n) is 5.14. The summed E-state index contributed by atoms with van der Waals surface area (Å²) >= 11 is 0. The summed E-state index contributed by atoms with van der Waals surface area (Å²) in [5.74, 6) is 0.812. The van der Waals surface area contributed by atoms with E-state index in [0.29, 0.717) is 0 Å². The molecule has 0 saturated heterocycles. The molecule has 0 fully saturated rings. The summed E-state index contributed by atoms with van der Waals surface area (Å²) < 4.78 is 1.95. The van der Waals surface area contributed by atoms with Crippen LogP contribution in [0.4, 0.5) is 0 Å². The van der Waals surface area contributed by atoms with Gasteiger partial charge < -0.3 is 5.32 Å². The number of aromatic nitrogens is 4. The first-order chi connectivity index (χ1) is 9.60. The predicted octanol–water partition coefficient (Wildman–Crippen LogP) is 2.11. The van der Waals surface area contributed by atoms with Crippen molar-refractivity contribution in [3.8, 4) is 0 Å². The SMILES string of the molecule is CCCNC(Cc1cc(C)nn1C)c1ccnc(C)n1. The number of hydrogen-bond acceptors (Lipinski definition) is 4. The summed E-state index contributed by atoms with van der Waals surface area (Å²) in [4.78, 5) is 8.73. The van der Waals surface area contributed by atoms with Crippen LogP contribution in [-0.2, 0) is 13.5 Å². The van der Waals surface area contributed by atoms with E-state index in [1.54, 1.807) is 0 Å². The lowest BCUT2D eigenvalue weighted by atomic mass is 10.1. The zero-order valence-electron chi connectivity index (χ0n) is 12.7. The fourth-order valence-corrected chi connectivity index (χ4v) is 2.33. The van der Waals surface area contributed by atoms with Gasteiger partial charge >= 0.3 is 0 Å². The van der Waals surface area contributed by atoms with Gasteiger partial charge in [-0.25, -0.2) is 9.97 Å². The van der Waals surface area contributed by atoms with Gasteiger partial charge in [-0.15, -0.1) is 0 Å². The lowest BCUT2D eigenvalue weighted by Crippen LogP contribution is -2.26. The van der Waals surface area contributed by atoms with Crippen molar-refractivity contribution >= 4 is 0 Å². The molecule has 1 atom stereocenters. The summed E-state index contributed by atoms with van der Waals surface area (Å²) in [6.45, 7) is 7.09. The molecule has 0 aliphatic heterocycles. The molecule has 0 aliphatic rings. The van der Waals surface area contributed by atoms with Crippen molar-refractivity contribution in [1.29, 1.82) is 0 Å². The second kappa shape index (κ2) is 6.61. The second-order valence-corrected chi connectivity index (χ2v) is 5.14. The number of nitrogens with zero attached hydrogens (tertiary/aromatic N) is 4. The van der Waals surface area contributed by atoms with Crippen molar-refractivity contribution in [2.75, 3.05) is 6.54 Å². The number of hydrogen-bond donors (Lipinski definition) is 1. The van der Waals surface area contributed by atoms with E-state index in [1.165, 1.54) is 5.69 Å². The van der Waals surface area contributed by atoms with Crippen molar-refractivity contribution in [3.63, 3.8) is 0 Å². The molecule has 108 valence electrons. The van der Waals surface area contributed by atoms with Crippen LogP contribution in [0.15, 0.2) is 18.3 Å². The van der Waals surface area contributed by atoms with Gasteiger partial charge in [0.25, 0.3) is 0 Å². The van der Waals surface area contributed by atoms with Gasteiger partial charge in [0.1, 0.15) is 5.82 Å². The van der Waals surface area contributed by atoms with Crippen LogP contribution in [0, 0.1) is 13.8 Å². The van der Waals surface area contributed by atoms with Crippen molar-refractivity contribution in [2.24, 2.45) is 7.05 Å². The van der Waals surface area contributed by atoms with E-state index in [-0.39, 0.29) is 6.04 Å². The highest BCUT2D eigenvalue weighted by Crippen LogP contribution is 2.17. The van der Waals surface area contributed by atoms with Crippen molar-refractivity contribution in [2.45, 2.75) is 39.7 Å². The summed E-state index contributed by atoms with van der Waals surface area (Å²) in [6, 6.07) is 4.32. The molecule has 0 aromatic carbocycles. The molecule has 5 nitrogen and oxygen atoms in total. The van der Waals surface area contributed by atoms with Crippen LogP contribution >= 0.6 is 0 Å². The molecule has 2 aromatic rings. The third-order valence-corrected chi connectivity index (χ3v) is 3.31. The standard InChI is InChI=1S/C15H23N5/c1-5-7-17-15(14-6-8-16-12(3)18-14)10-13-9-11(2)19-20(13)4/h6,8-9,15,17H,5,7,10H2,1-4H3. The average molecular weight is 273 g/mol. The van der Waals surface area contributed by atoms with E-state index in [0.717, 1.165) is 36.6 Å². The zero-order valence-corrected chi connectivity index (χ0v) is 12.7. The zero-order chi connectivity index (χ0) is 14.5. The van der Waals surface area contributed by atoms with Gasteiger partial charge in [0.05, 0.1) is 17.4 Å². The molecule has 2 rings (SSSR count). The molecular weight excluding hydrogens is 250 g/mol. The highest BCUT2D eigenvalue weighted by molar-refractivity contribution is 5.15. The maximum Gasteiger partial charge on any atom is 0.125 e. The fraction of sp³-hybridized carbons (Fsp3) is 0.533. The Kier molecular flexibility index (Phi) is 4.84. The van der Waals surface area contributed by atoms with Crippen molar-refractivity contribution in [1.82, 2.24) is 25.1 Å². The Morgan fingerprint density at radius 1 is 1.35 bits per heavy atom. The number of rotatable bonds is 6. The van der Waals surface area contributed by atoms with E-state index in [4.69, 9.17) is 0 Å². The van der Waals surface area contributed by atoms with Gasteiger partial charge in [-0.1, -0.05) is 6.92 Å². The molecule has 5 heteroatoms. The first kappa shape index (κ1) is 14.7. The largest absolute Gasteiger partial charge is 0.308 e. The van der Waals surface area contributed by atoms with E-state index in [9.17, 15) is 0 Å². The Morgan fingerprint density at radius 3 is 2.75 bits per heavy atom. The minimum Gasteiger partial charge on any atom is -0.308 e. The first-order valence-electron chi connectivity index (χ1n) is 7.12. The van der Waals surface area contributed by atoms with Crippen LogP contribution in [0.5, 0.6) is 0 Å². The third kappa shape index (κ3) is 3.63. The maximum atomic E-state index is 4.56. The number of nitrogens with one attached hydrogen (secondary N) is 1. The molecule has 0 radical (unpaired) electrons. The van der Waals surface area contributed by atoms with Crippen LogP contribution in [0.2, 0.25) is 0 Å². The molecule has 0 amide bonds.